The van der Waals surface area contributed by atoms with Crippen LogP contribution in [0.25, 0.3) is 0 Å². The zero-order chi connectivity index (χ0) is 9.90. The predicted molar refractivity (Wildman–Crippen MR) is 58.4 cm³/mol. The normalized spacial score (nSPS) is 29.2. The van der Waals surface area contributed by atoms with Gasteiger partial charge in [-0.25, -0.2) is 0 Å². The van der Waals surface area contributed by atoms with Gasteiger partial charge >= 0.3 is 0 Å². The number of rotatable bonds is 0. The zero-order valence-corrected chi connectivity index (χ0v) is 9.48. The van der Waals surface area contributed by atoms with Crippen LogP contribution >= 0.6 is 0 Å². The molecule has 0 heteroatoms. The molecule has 0 N–H and O–H groups in total. The molecule has 1 rings (SSSR count). The highest BCUT2D eigenvalue weighted by Gasteiger charge is 2.28. The Kier molecular flexibility index (Phi) is 3.42. The Labute approximate surface area is 83.1 Å². The van der Waals surface area contributed by atoms with E-state index >= 15 is 0 Å². The number of hydrogen-bond donors (Lipinski definition) is 0. The van der Waals surface area contributed by atoms with Crippen molar-refractivity contribution in [1.29, 1.82) is 0 Å². The van der Waals surface area contributed by atoms with Crippen LogP contribution in [0.4, 0.5) is 0 Å². The van der Waals surface area contributed by atoms with Gasteiger partial charge in [0.15, 0.2) is 0 Å². The summed E-state index contributed by atoms with van der Waals surface area (Å²) in [6, 6.07) is 0. The van der Waals surface area contributed by atoms with Gasteiger partial charge in [0, 0.05) is 5.92 Å². The van der Waals surface area contributed by atoms with Crippen LogP contribution in [0, 0.1) is 29.1 Å². The average Bonchev–Trinajstić information content (AvgIpc) is 2.04. The van der Waals surface area contributed by atoms with E-state index in [1.165, 1.54) is 25.7 Å². The largest absolute Gasteiger partial charge is 0.106 e. The number of hydrogen-bond acceptors (Lipinski definition) is 0. The predicted octanol–water partition coefficient (Wildman–Crippen LogP) is 3.86. The molecule has 0 heterocycles. The van der Waals surface area contributed by atoms with Gasteiger partial charge in [0.05, 0.1) is 0 Å². The fourth-order valence-electron chi connectivity index (χ4n) is 2.31. The fraction of sp³-hybridized carbons (Fsp3) is 0.846. The summed E-state index contributed by atoms with van der Waals surface area (Å²) >= 11 is 0. The van der Waals surface area contributed by atoms with Crippen LogP contribution in [-0.2, 0) is 0 Å². The highest BCUT2D eigenvalue weighted by molar-refractivity contribution is 5.02. The van der Waals surface area contributed by atoms with Gasteiger partial charge in [-0.05, 0) is 43.9 Å². The summed E-state index contributed by atoms with van der Waals surface area (Å²) in [7, 11) is 0. The summed E-state index contributed by atoms with van der Waals surface area (Å²) in [5.74, 6) is 7.96. The molecule has 0 amide bonds. The molecule has 1 aliphatic carbocycles. The molecule has 0 aromatic rings. The summed E-state index contributed by atoms with van der Waals surface area (Å²) in [4.78, 5) is 0. The molecule has 0 aromatic carbocycles. The van der Waals surface area contributed by atoms with Crippen molar-refractivity contribution in [2.75, 3.05) is 0 Å². The molecule has 0 atom stereocenters. The highest BCUT2D eigenvalue weighted by Crippen LogP contribution is 2.39. The Hall–Kier alpha value is -0.440. The third-order valence-electron chi connectivity index (χ3n) is 3.30. The van der Waals surface area contributed by atoms with Gasteiger partial charge < -0.3 is 0 Å². The second-order valence-electron chi connectivity index (χ2n) is 5.31. The van der Waals surface area contributed by atoms with Crippen LogP contribution in [0.2, 0.25) is 0 Å². The molecule has 1 fully saturated rings. The molecule has 0 radical (unpaired) electrons. The van der Waals surface area contributed by atoms with Crippen molar-refractivity contribution in [3.8, 4) is 11.8 Å². The molecule has 0 bridgehead atoms. The van der Waals surface area contributed by atoms with E-state index in [1.54, 1.807) is 0 Å². The first kappa shape index (κ1) is 10.6. The first-order chi connectivity index (χ1) is 6.04. The van der Waals surface area contributed by atoms with Crippen molar-refractivity contribution in [3.05, 3.63) is 0 Å². The van der Waals surface area contributed by atoms with E-state index in [0.717, 1.165) is 5.92 Å². The van der Waals surface area contributed by atoms with E-state index in [4.69, 9.17) is 0 Å². The SMILES string of the molecule is CC#CC1CCC(C(C)(C)C)CC1. The summed E-state index contributed by atoms with van der Waals surface area (Å²) < 4.78 is 0. The maximum Gasteiger partial charge on any atom is 0.0203 e. The topological polar surface area (TPSA) is 0 Å². The Morgan fingerprint density at radius 1 is 1.00 bits per heavy atom. The maximum absolute atomic E-state index is 3.31. The van der Waals surface area contributed by atoms with E-state index in [0.29, 0.717) is 11.3 Å². The molecule has 0 nitrogen and oxygen atoms in total. The molecular weight excluding hydrogens is 156 g/mol. The molecule has 13 heavy (non-hydrogen) atoms. The monoisotopic (exact) mass is 178 g/mol. The van der Waals surface area contributed by atoms with E-state index in [2.05, 4.69) is 32.6 Å². The molecule has 0 unspecified atom stereocenters. The fourth-order valence-corrected chi connectivity index (χ4v) is 2.31. The standard InChI is InChI=1S/C13H22/c1-5-6-11-7-9-12(10-8-11)13(2,3)4/h11-12H,7-10H2,1-4H3. The van der Waals surface area contributed by atoms with Crippen molar-refractivity contribution in [2.45, 2.75) is 53.4 Å². The van der Waals surface area contributed by atoms with Gasteiger partial charge in [-0.3, -0.25) is 0 Å². The lowest BCUT2D eigenvalue weighted by Gasteiger charge is -2.35. The van der Waals surface area contributed by atoms with Gasteiger partial charge in [0.25, 0.3) is 0 Å². The molecule has 74 valence electrons. The third kappa shape index (κ3) is 3.07. The minimum absolute atomic E-state index is 0.505. The Morgan fingerprint density at radius 2 is 1.54 bits per heavy atom. The third-order valence-corrected chi connectivity index (χ3v) is 3.30. The van der Waals surface area contributed by atoms with Crippen LogP contribution < -0.4 is 0 Å². The van der Waals surface area contributed by atoms with Crippen molar-refractivity contribution in [3.63, 3.8) is 0 Å². The van der Waals surface area contributed by atoms with Crippen LogP contribution in [0.3, 0.4) is 0 Å². The van der Waals surface area contributed by atoms with Crippen molar-refractivity contribution < 1.29 is 0 Å². The van der Waals surface area contributed by atoms with Crippen molar-refractivity contribution in [2.24, 2.45) is 17.3 Å². The van der Waals surface area contributed by atoms with Crippen molar-refractivity contribution in [1.82, 2.24) is 0 Å². The van der Waals surface area contributed by atoms with Gasteiger partial charge in [-0.1, -0.05) is 20.8 Å². The van der Waals surface area contributed by atoms with E-state index in [9.17, 15) is 0 Å². The quantitative estimate of drug-likeness (QED) is 0.494. The van der Waals surface area contributed by atoms with E-state index in [1.807, 2.05) is 6.92 Å². The molecule has 1 saturated carbocycles. The van der Waals surface area contributed by atoms with E-state index in [-0.39, 0.29) is 0 Å². The first-order valence-corrected chi connectivity index (χ1v) is 5.46. The minimum Gasteiger partial charge on any atom is -0.106 e. The van der Waals surface area contributed by atoms with Crippen LogP contribution in [-0.4, -0.2) is 0 Å². The maximum atomic E-state index is 3.31. The van der Waals surface area contributed by atoms with Gasteiger partial charge in [0.1, 0.15) is 0 Å². The minimum atomic E-state index is 0.505. The lowest BCUT2D eigenvalue weighted by molar-refractivity contribution is 0.165. The molecule has 0 saturated heterocycles. The lowest BCUT2D eigenvalue weighted by atomic mass is 9.70. The summed E-state index contributed by atoms with van der Waals surface area (Å²) in [5, 5.41) is 0. The van der Waals surface area contributed by atoms with Crippen LogP contribution in [0.5, 0.6) is 0 Å². The second-order valence-corrected chi connectivity index (χ2v) is 5.31. The summed E-state index contributed by atoms with van der Waals surface area (Å²) in [5.41, 5.74) is 0.505. The summed E-state index contributed by atoms with van der Waals surface area (Å²) in [6.45, 7) is 9.05. The molecule has 0 spiro atoms. The lowest BCUT2D eigenvalue weighted by Crippen LogP contribution is -2.25. The van der Waals surface area contributed by atoms with Gasteiger partial charge in [-0.2, -0.15) is 0 Å². The Morgan fingerprint density at radius 3 is 1.92 bits per heavy atom. The van der Waals surface area contributed by atoms with E-state index < -0.39 is 0 Å². The van der Waals surface area contributed by atoms with Crippen molar-refractivity contribution >= 4 is 0 Å². The van der Waals surface area contributed by atoms with Gasteiger partial charge in [0.2, 0.25) is 0 Å². The Bertz CT molecular complexity index is 200. The average molecular weight is 178 g/mol. The zero-order valence-electron chi connectivity index (χ0n) is 9.48. The van der Waals surface area contributed by atoms with Crippen LogP contribution in [0.1, 0.15) is 53.4 Å². The highest BCUT2D eigenvalue weighted by atomic mass is 14.3. The first-order valence-electron chi connectivity index (χ1n) is 5.46. The molecule has 0 aliphatic heterocycles. The second kappa shape index (κ2) is 4.18. The molecule has 1 aliphatic rings. The van der Waals surface area contributed by atoms with Gasteiger partial charge in [-0.15, -0.1) is 11.8 Å². The Balaban J connectivity index is 2.42. The van der Waals surface area contributed by atoms with Crippen LogP contribution in [0.15, 0.2) is 0 Å². The molecule has 0 aromatic heterocycles. The smallest absolute Gasteiger partial charge is 0.0203 e. The summed E-state index contributed by atoms with van der Waals surface area (Å²) in [6.07, 6.45) is 5.40. The molecular formula is C13H22.